The Balaban J connectivity index is 1.42. The second-order valence-corrected chi connectivity index (χ2v) is 7.25. The zero-order valence-corrected chi connectivity index (χ0v) is 16.1. The third-order valence-corrected chi connectivity index (χ3v) is 4.98. The van der Waals surface area contributed by atoms with Crippen molar-refractivity contribution < 1.29 is 9.59 Å². The number of nitrogens with one attached hydrogen (secondary N) is 1. The number of rotatable bonds is 5. The molecule has 1 fully saturated rings. The summed E-state index contributed by atoms with van der Waals surface area (Å²) in [7, 11) is 0. The summed E-state index contributed by atoms with van der Waals surface area (Å²) >= 11 is 3.38. The topological polar surface area (TPSA) is 52.7 Å². The monoisotopic (exact) mass is 415 g/mol. The lowest BCUT2D eigenvalue weighted by atomic mass is 10.2. The van der Waals surface area contributed by atoms with Crippen molar-refractivity contribution in [1.29, 1.82) is 0 Å². The van der Waals surface area contributed by atoms with Crippen LogP contribution in [-0.2, 0) is 11.3 Å². The summed E-state index contributed by atoms with van der Waals surface area (Å²) in [5.74, 6) is 0.0622. The molecule has 1 saturated heterocycles. The van der Waals surface area contributed by atoms with E-state index in [-0.39, 0.29) is 11.8 Å². The van der Waals surface area contributed by atoms with Gasteiger partial charge in [-0.1, -0.05) is 46.3 Å². The molecular formula is C20H22BrN3O2. The Morgan fingerprint density at radius 2 is 1.58 bits per heavy atom. The average molecular weight is 416 g/mol. The third-order valence-electron chi connectivity index (χ3n) is 4.45. The summed E-state index contributed by atoms with van der Waals surface area (Å²) in [5.41, 5.74) is 1.79. The van der Waals surface area contributed by atoms with Crippen LogP contribution in [0.3, 0.4) is 0 Å². The van der Waals surface area contributed by atoms with E-state index < -0.39 is 0 Å². The number of amides is 2. The molecule has 0 bridgehead atoms. The van der Waals surface area contributed by atoms with Crippen molar-refractivity contribution in [3.05, 3.63) is 70.2 Å². The quantitative estimate of drug-likeness (QED) is 0.815. The minimum atomic E-state index is 0.0153. The lowest BCUT2D eigenvalue weighted by Gasteiger charge is -2.34. The Hall–Kier alpha value is -2.18. The molecule has 1 aliphatic rings. The molecule has 6 heteroatoms. The van der Waals surface area contributed by atoms with Crippen LogP contribution in [0.5, 0.6) is 0 Å². The van der Waals surface area contributed by atoms with E-state index in [1.807, 2.05) is 59.5 Å². The Morgan fingerprint density at radius 1 is 0.923 bits per heavy atom. The van der Waals surface area contributed by atoms with Crippen molar-refractivity contribution in [2.75, 3.05) is 32.7 Å². The third kappa shape index (κ3) is 5.16. The van der Waals surface area contributed by atoms with Crippen LogP contribution < -0.4 is 5.32 Å². The zero-order valence-electron chi connectivity index (χ0n) is 14.5. The van der Waals surface area contributed by atoms with Crippen molar-refractivity contribution in [3.63, 3.8) is 0 Å². The van der Waals surface area contributed by atoms with Gasteiger partial charge in [0.05, 0.1) is 6.54 Å². The van der Waals surface area contributed by atoms with Crippen molar-refractivity contribution in [2.45, 2.75) is 6.54 Å². The fourth-order valence-electron chi connectivity index (χ4n) is 2.94. The summed E-state index contributed by atoms with van der Waals surface area (Å²) in [6, 6.07) is 17.3. The molecule has 2 amide bonds. The van der Waals surface area contributed by atoms with Crippen LogP contribution in [0.25, 0.3) is 0 Å². The van der Waals surface area contributed by atoms with Crippen LogP contribution >= 0.6 is 15.9 Å². The maximum absolute atomic E-state index is 12.5. The molecule has 2 aromatic carbocycles. The molecule has 1 N–H and O–H groups in total. The maximum Gasteiger partial charge on any atom is 0.253 e. The molecule has 26 heavy (non-hydrogen) atoms. The molecule has 136 valence electrons. The fraction of sp³-hybridized carbons (Fsp3) is 0.300. The predicted molar refractivity (Wildman–Crippen MR) is 105 cm³/mol. The van der Waals surface area contributed by atoms with E-state index >= 15 is 0 Å². The molecule has 0 aromatic heterocycles. The Bertz CT molecular complexity index is 741. The van der Waals surface area contributed by atoms with E-state index in [0.29, 0.717) is 44.8 Å². The number of halogens is 1. The normalized spacial score (nSPS) is 14.9. The number of piperazine rings is 1. The van der Waals surface area contributed by atoms with Gasteiger partial charge in [-0.15, -0.1) is 0 Å². The molecule has 0 atom stereocenters. The predicted octanol–water partition coefficient (Wildman–Crippen LogP) is 2.52. The SMILES string of the molecule is O=C(CN1CCN(C(=O)c2ccc(Br)cc2)CC1)NCc1ccccc1. The van der Waals surface area contributed by atoms with Gasteiger partial charge in [-0.25, -0.2) is 0 Å². The van der Waals surface area contributed by atoms with E-state index in [9.17, 15) is 9.59 Å². The molecule has 1 aliphatic heterocycles. The number of nitrogens with zero attached hydrogens (tertiary/aromatic N) is 2. The van der Waals surface area contributed by atoms with Crippen LogP contribution in [0, 0.1) is 0 Å². The number of hydrogen-bond donors (Lipinski definition) is 1. The molecule has 2 aromatic rings. The summed E-state index contributed by atoms with van der Waals surface area (Å²) in [4.78, 5) is 28.6. The highest BCUT2D eigenvalue weighted by Gasteiger charge is 2.23. The number of hydrogen-bond acceptors (Lipinski definition) is 3. The van der Waals surface area contributed by atoms with Gasteiger partial charge in [-0.05, 0) is 29.8 Å². The van der Waals surface area contributed by atoms with E-state index in [1.54, 1.807) is 0 Å². The van der Waals surface area contributed by atoms with Crippen LogP contribution in [0.1, 0.15) is 15.9 Å². The van der Waals surface area contributed by atoms with E-state index in [2.05, 4.69) is 26.1 Å². The minimum absolute atomic E-state index is 0.0153. The van der Waals surface area contributed by atoms with E-state index in [1.165, 1.54) is 0 Å². The van der Waals surface area contributed by atoms with Gasteiger partial charge < -0.3 is 10.2 Å². The lowest BCUT2D eigenvalue weighted by Crippen LogP contribution is -2.51. The van der Waals surface area contributed by atoms with Crippen molar-refractivity contribution >= 4 is 27.7 Å². The van der Waals surface area contributed by atoms with Gasteiger partial charge in [0.25, 0.3) is 5.91 Å². The molecule has 0 spiro atoms. The first kappa shape index (κ1) is 18.6. The number of benzene rings is 2. The first-order valence-electron chi connectivity index (χ1n) is 8.69. The molecule has 0 saturated carbocycles. The summed E-state index contributed by atoms with van der Waals surface area (Å²) in [5, 5.41) is 2.95. The van der Waals surface area contributed by atoms with Gasteiger partial charge in [0, 0.05) is 42.8 Å². The van der Waals surface area contributed by atoms with Crippen molar-refractivity contribution in [2.24, 2.45) is 0 Å². The summed E-state index contributed by atoms with van der Waals surface area (Å²) in [6.45, 7) is 3.61. The molecule has 0 unspecified atom stereocenters. The molecule has 0 radical (unpaired) electrons. The van der Waals surface area contributed by atoms with Gasteiger partial charge in [-0.2, -0.15) is 0 Å². The van der Waals surface area contributed by atoms with E-state index in [4.69, 9.17) is 0 Å². The second-order valence-electron chi connectivity index (χ2n) is 6.34. The fourth-order valence-corrected chi connectivity index (χ4v) is 3.20. The highest BCUT2D eigenvalue weighted by Crippen LogP contribution is 2.13. The molecule has 1 heterocycles. The van der Waals surface area contributed by atoms with Crippen LogP contribution in [0.4, 0.5) is 0 Å². The number of carbonyl (C=O) groups excluding carboxylic acids is 2. The highest BCUT2D eigenvalue weighted by molar-refractivity contribution is 9.10. The summed E-state index contributed by atoms with van der Waals surface area (Å²) in [6.07, 6.45) is 0. The first-order valence-corrected chi connectivity index (χ1v) is 9.49. The van der Waals surface area contributed by atoms with Gasteiger partial charge in [-0.3, -0.25) is 14.5 Å². The Morgan fingerprint density at radius 3 is 2.23 bits per heavy atom. The van der Waals surface area contributed by atoms with Crippen LogP contribution in [0.15, 0.2) is 59.1 Å². The van der Waals surface area contributed by atoms with Crippen LogP contribution in [-0.4, -0.2) is 54.3 Å². The summed E-state index contributed by atoms with van der Waals surface area (Å²) < 4.78 is 0.959. The molecule has 3 rings (SSSR count). The van der Waals surface area contributed by atoms with Gasteiger partial charge in [0.1, 0.15) is 0 Å². The van der Waals surface area contributed by atoms with E-state index in [0.717, 1.165) is 10.0 Å². The van der Waals surface area contributed by atoms with Crippen molar-refractivity contribution in [1.82, 2.24) is 15.1 Å². The highest BCUT2D eigenvalue weighted by atomic mass is 79.9. The standard InChI is InChI=1S/C20H22BrN3O2/c21-18-8-6-17(7-9-18)20(26)24-12-10-23(11-13-24)15-19(25)22-14-16-4-2-1-3-5-16/h1-9H,10-15H2,(H,22,25). The Kier molecular flexibility index (Phi) is 6.41. The molecular weight excluding hydrogens is 394 g/mol. The second kappa shape index (κ2) is 8.96. The Labute approximate surface area is 162 Å². The smallest absolute Gasteiger partial charge is 0.253 e. The molecule has 5 nitrogen and oxygen atoms in total. The number of carbonyl (C=O) groups is 2. The van der Waals surface area contributed by atoms with Crippen molar-refractivity contribution in [3.8, 4) is 0 Å². The van der Waals surface area contributed by atoms with Gasteiger partial charge in [0.15, 0.2) is 0 Å². The van der Waals surface area contributed by atoms with Gasteiger partial charge >= 0.3 is 0 Å². The maximum atomic E-state index is 12.5. The zero-order chi connectivity index (χ0) is 18.4. The largest absolute Gasteiger partial charge is 0.351 e. The molecule has 0 aliphatic carbocycles. The lowest BCUT2D eigenvalue weighted by molar-refractivity contribution is -0.122. The first-order chi connectivity index (χ1) is 12.6. The van der Waals surface area contributed by atoms with Gasteiger partial charge in [0.2, 0.25) is 5.91 Å². The van der Waals surface area contributed by atoms with Crippen LogP contribution in [0.2, 0.25) is 0 Å². The minimum Gasteiger partial charge on any atom is -0.351 e. The average Bonchev–Trinajstić information content (AvgIpc) is 2.68.